The highest BCUT2D eigenvalue weighted by Crippen LogP contribution is 2.25. The van der Waals surface area contributed by atoms with Crippen LogP contribution < -0.4 is 21.7 Å². The Morgan fingerprint density at radius 1 is 0.519 bits per heavy atom. The van der Waals surface area contributed by atoms with E-state index in [-0.39, 0.29) is 35.5 Å². The fourth-order valence-electron chi connectivity index (χ4n) is 6.55. The number of hydrazine groups is 2. The number of phenolic OH excluding ortho intramolecular Hbond substituents is 2. The zero-order valence-electron chi connectivity index (χ0n) is 32.1. The molecule has 0 saturated carbocycles. The number of carbonyl (C=O) groups excluding carboxylic acids is 4. The van der Waals surface area contributed by atoms with Gasteiger partial charge in [0, 0.05) is 12.3 Å². The van der Waals surface area contributed by atoms with Crippen LogP contribution in [-0.4, -0.2) is 33.8 Å². The van der Waals surface area contributed by atoms with Crippen molar-refractivity contribution in [2.75, 3.05) is 0 Å². The normalized spacial score (nSPS) is 11.5. The van der Waals surface area contributed by atoms with E-state index in [9.17, 15) is 29.4 Å². The van der Waals surface area contributed by atoms with Crippen molar-refractivity contribution >= 4 is 23.6 Å². The maximum atomic E-state index is 13.3. The zero-order chi connectivity index (χ0) is 38.0. The summed E-state index contributed by atoms with van der Waals surface area (Å²) in [5, 5.41) is 21.0. The van der Waals surface area contributed by atoms with E-state index >= 15 is 0 Å². The van der Waals surface area contributed by atoms with Crippen molar-refractivity contribution in [3.63, 3.8) is 0 Å². The van der Waals surface area contributed by atoms with Crippen molar-refractivity contribution in [1.29, 1.82) is 0 Å². The first-order valence-corrected chi connectivity index (χ1v) is 20.0. The summed E-state index contributed by atoms with van der Waals surface area (Å²) in [5.74, 6) is -2.91. The van der Waals surface area contributed by atoms with Gasteiger partial charge in [0.25, 0.3) is 11.8 Å². The molecule has 290 valence electrons. The molecule has 2 rings (SSSR count). The molecule has 0 heterocycles. The largest absolute Gasteiger partial charge is 0.507 e. The van der Waals surface area contributed by atoms with Gasteiger partial charge in [-0.05, 0) is 61.8 Å². The van der Waals surface area contributed by atoms with E-state index in [1.807, 2.05) is 12.1 Å². The molecule has 0 saturated heterocycles. The van der Waals surface area contributed by atoms with Crippen LogP contribution >= 0.6 is 0 Å². The molecule has 1 atom stereocenters. The van der Waals surface area contributed by atoms with Crippen molar-refractivity contribution in [1.82, 2.24) is 21.7 Å². The van der Waals surface area contributed by atoms with E-state index in [1.54, 1.807) is 12.1 Å². The van der Waals surface area contributed by atoms with Gasteiger partial charge in [0.05, 0.1) is 11.1 Å². The number of unbranched alkanes of at least 4 members (excludes halogenated alkanes) is 14. The molecular weight excluding hydrogens is 656 g/mol. The number of benzene rings is 2. The van der Waals surface area contributed by atoms with Crippen LogP contribution in [0, 0.1) is 5.92 Å². The van der Waals surface area contributed by atoms with E-state index in [0.29, 0.717) is 19.3 Å². The van der Waals surface area contributed by atoms with Crippen LogP contribution in [0.4, 0.5) is 0 Å². The molecule has 1 unspecified atom stereocenters. The van der Waals surface area contributed by atoms with Gasteiger partial charge < -0.3 is 10.2 Å². The lowest BCUT2D eigenvalue weighted by Gasteiger charge is -2.18. The second kappa shape index (κ2) is 26.7. The fraction of sp³-hybridized carbons (Fsp3) is 0.619. The van der Waals surface area contributed by atoms with Crippen LogP contribution in [0.25, 0.3) is 0 Å². The number of carbonyl (C=O) groups is 4. The van der Waals surface area contributed by atoms with Crippen molar-refractivity contribution in [2.24, 2.45) is 5.92 Å². The van der Waals surface area contributed by atoms with Crippen molar-refractivity contribution in [2.45, 2.75) is 162 Å². The average Bonchev–Trinajstić information content (AvgIpc) is 3.13. The molecule has 52 heavy (non-hydrogen) atoms. The molecule has 0 radical (unpaired) electrons. The fourth-order valence-corrected chi connectivity index (χ4v) is 6.55. The van der Waals surface area contributed by atoms with Crippen LogP contribution in [0.1, 0.15) is 181 Å². The molecule has 0 spiro atoms. The first-order valence-electron chi connectivity index (χ1n) is 20.0. The van der Waals surface area contributed by atoms with E-state index < -0.39 is 29.5 Å². The first kappa shape index (κ1) is 44.1. The summed E-state index contributed by atoms with van der Waals surface area (Å²) in [6, 6.07) is 10.0. The summed E-state index contributed by atoms with van der Waals surface area (Å²) in [6.45, 7) is 6.49. The highest BCUT2D eigenvalue weighted by Gasteiger charge is 2.23. The number of aryl methyl sites for hydroxylation is 2. The molecule has 0 aliphatic rings. The van der Waals surface area contributed by atoms with E-state index in [1.165, 1.54) is 50.7 Å². The topological polar surface area (TPSA) is 157 Å². The molecule has 0 aliphatic carbocycles. The highest BCUT2D eigenvalue weighted by molar-refractivity contribution is 6.00. The lowest BCUT2D eigenvalue weighted by atomic mass is 9.95. The van der Waals surface area contributed by atoms with Gasteiger partial charge in [-0.1, -0.05) is 141 Å². The zero-order valence-corrected chi connectivity index (χ0v) is 32.1. The minimum absolute atomic E-state index is 0.0332. The van der Waals surface area contributed by atoms with E-state index in [0.717, 1.165) is 81.8 Å². The van der Waals surface area contributed by atoms with Gasteiger partial charge >= 0.3 is 0 Å². The molecule has 10 heteroatoms. The molecule has 0 aromatic heterocycles. The summed E-state index contributed by atoms with van der Waals surface area (Å²) in [6.07, 6.45) is 20.3. The van der Waals surface area contributed by atoms with Crippen LogP contribution in [0.2, 0.25) is 0 Å². The minimum atomic E-state index is -0.597. The van der Waals surface area contributed by atoms with Crippen LogP contribution in [0.15, 0.2) is 36.4 Å². The van der Waals surface area contributed by atoms with Gasteiger partial charge in [-0.3, -0.25) is 40.9 Å². The lowest BCUT2D eigenvalue weighted by Crippen LogP contribution is -2.45. The third-order valence-corrected chi connectivity index (χ3v) is 9.67. The number of hydrogen-bond acceptors (Lipinski definition) is 6. The minimum Gasteiger partial charge on any atom is -0.507 e. The maximum Gasteiger partial charge on any atom is 0.273 e. The Balaban J connectivity index is 1.96. The van der Waals surface area contributed by atoms with Gasteiger partial charge in [0.2, 0.25) is 11.8 Å². The second-order valence-corrected chi connectivity index (χ2v) is 14.0. The Morgan fingerprint density at radius 3 is 1.42 bits per heavy atom. The van der Waals surface area contributed by atoms with Gasteiger partial charge in [-0.25, -0.2) is 0 Å². The van der Waals surface area contributed by atoms with Crippen molar-refractivity contribution < 1.29 is 29.4 Å². The molecular formula is C42H66N4O6. The molecule has 0 bridgehead atoms. The molecule has 2 aromatic carbocycles. The summed E-state index contributed by atoms with van der Waals surface area (Å²) in [7, 11) is 0. The van der Waals surface area contributed by atoms with Crippen LogP contribution in [-0.2, 0) is 22.4 Å². The Hall–Kier alpha value is -4.08. The van der Waals surface area contributed by atoms with Gasteiger partial charge in [-0.2, -0.15) is 0 Å². The van der Waals surface area contributed by atoms with Crippen LogP contribution in [0.3, 0.4) is 0 Å². The SMILES string of the molecule is CCCCCCCCc1cccc(O)c1C(=O)NNC(=O)CCC(CCCCCCC)C(=O)NNC(=O)c1c(O)cccc1CCCCCCCC. The number of phenols is 2. The molecule has 6 N–H and O–H groups in total. The quantitative estimate of drug-likeness (QED) is 0.0421. The van der Waals surface area contributed by atoms with E-state index in [2.05, 4.69) is 42.5 Å². The molecule has 4 amide bonds. The number of rotatable bonds is 26. The Kier molecular flexibility index (Phi) is 22.6. The number of nitrogens with one attached hydrogen (secondary N) is 4. The molecule has 0 fully saturated rings. The second-order valence-electron chi connectivity index (χ2n) is 14.0. The molecule has 2 aromatic rings. The van der Waals surface area contributed by atoms with Crippen LogP contribution in [0.5, 0.6) is 11.5 Å². The molecule has 10 nitrogen and oxygen atoms in total. The van der Waals surface area contributed by atoms with Crippen molar-refractivity contribution in [3.05, 3.63) is 58.7 Å². The Morgan fingerprint density at radius 2 is 0.942 bits per heavy atom. The predicted octanol–water partition coefficient (Wildman–Crippen LogP) is 8.88. The summed E-state index contributed by atoms with van der Waals surface area (Å²) in [4.78, 5) is 52.5. The standard InChI is InChI=1S/C42H66N4O6/c1-4-7-10-13-16-18-23-32-26-21-28-35(47)38(32)41(51)45-43-37(49)31-30-34(25-20-15-12-9-6-3)40(50)44-46-42(52)39-33(27-22-29-36(39)48)24-19-17-14-11-8-5-2/h21-22,26-29,34,47-48H,4-20,23-25,30-31H2,1-3H3,(H,43,49)(H,44,50)(H,45,51)(H,46,52). The Bertz CT molecular complexity index is 1360. The molecule has 0 aliphatic heterocycles. The number of amides is 4. The third-order valence-electron chi connectivity index (χ3n) is 9.67. The van der Waals surface area contributed by atoms with Crippen molar-refractivity contribution in [3.8, 4) is 11.5 Å². The number of hydrogen-bond donors (Lipinski definition) is 6. The van der Waals surface area contributed by atoms with Gasteiger partial charge in [-0.15, -0.1) is 0 Å². The maximum absolute atomic E-state index is 13.3. The summed E-state index contributed by atoms with van der Waals surface area (Å²) >= 11 is 0. The number of aromatic hydroxyl groups is 2. The third kappa shape index (κ3) is 17.0. The smallest absolute Gasteiger partial charge is 0.273 e. The monoisotopic (exact) mass is 722 g/mol. The van der Waals surface area contributed by atoms with E-state index in [4.69, 9.17) is 0 Å². The summed E-state index contributed by atoms with van der Waals surface area (Å²) in [5.41, 5.74) is 11.7. The van der Waals surface area contributed by atoms with Gasteiger partial charge in [0.1, 0.15) is 11.5 Å². The Labute approximate surface area is 312 Å². The lowest BCUT2D eigenvalue weighted by molar-refractivity contribution is -0.127. The average molecular weight is 723 g/mol. The highest BCUT2D eigenvalue weighted by atomic mass is 16.3. The first-order chi connectivity index (χ1) is 25.2. The van der Waals surface area contributed by atoms with Gasteiger partial charge in [0.15, 0.2) is 0 Å². The predicted molar refractivity (Wildman–Crippen MR) is 208 cm³/mol. The summed E-state index contributed by atoms with van der Waals surface area (Å²) < 4.78 is 0.